The van der Waals surface area contributed by atoms with E-state index in [4.69, 9.17) is 4.74 Å². The SMILES string of the molecule is COc1nc(F)c(C(F)F)cc1CBr. The van der Waals surface area contributed by atoms with Crippen molar-refractivity contribution in [1.29, 1.82) is 0 Å². The lowest BCUT2D eigenvalue weighted by atomic mass is 10.2. The quantitative estimate of drug-likeness (QED) is 0.622. The molecule has 0 spiro atoms. The van der Waals surface area contributed by atoms with Gasteiger partial charge in [0, 0.05) is 10.9 Å². The average Bonchev–Trinajstić information content (AvgIpc) is 2.16. The molecular formula is C8H7BrF3NO. The third kappa shape index (κ3) is 2.17. The molecule has 14 heavy (non-hydrogen) atoms. The van der Waals surface area contributed by atoms with Crippen molar-refractivity contribution in [1.82, 2.24) is 4.98 Å². The monoisotopic (exact) mass is 269 g/mol. The van der Waals surface area contributed by atoms with Gasteiger partial charge in [-0.1, -0.05) is 15.9 Å². The van der Waals surface area contributed by atoms with Crippen molar-refractivity contribution in [3.63, 3.8) is 0 Å². The van der Waals surface area contributed by atoms with Gasteiger partial charge in [0.25, 0.3) is 6.43 Å². The highest BCUT2D eigenvalue weighted by Gasteiger charge is 2.18. The van der Waals surface area contributed by atoms with Crippen LogP contribution in [0.5, 0.6) is 5.88 Å². The van der Waals surface area contributed by atoms with E-state index in [1.807, 2.05) is 0 Å². The van der Waals surface area contributed by atoms with Gasteiger partial charge in [0.2, 0.25) is 11.8 Å². The van der Waals surface area contributed by atoms with Crippen molar-refractivity contribution in [2.75, 3.05) is 7.11 Å². The van der Waals surface area contributed by atoms with Crippen LogP contribution in [0.4, 0.5) is 13.2 Å². The Morgan fingerprint density at radius 1 is 1.57 bits per heavy atom. The molecule has 0 fully saturated rings. The third-order valence-electron chi connectivity index (χ3n) is 1.61. The van der Waals surface area contributed by atoms with E-state index >= 15 is 0 Å². The van der Waals surface area contributed by atoms with Crippen molar-refractivity contribution < 1.29 is 17.9 Å². The van der Waals surface area contributed by atoms with E-state index in [9.17, 15) is 13.2 Å². The topological polar surface area (TPSA) is 22.1 Å². The number of rotatable bonds is 3. The summed E-state index contributed by atoms with van der Waals surface area (Å²) in [6, 6.07) is 1.04. The second kappa shape index (κ2) is 4.63. The second-order valence-corrected chi connectivity index (χ2v) is 3.03. The Kier molecular flexibility index (Phi) is 3.74. The van der Waals surface area contributed by atoms with Crippen LogP contribution >= 0.6 is 15.9 Å². The van der Waals surface area contributed by atoms with Gasteiger partial charge in [0.15, 0.2) is 0 Å². The van der Waals surface area contributed by atoms with Crippen LogP contribution in [0.3, 0.4) is 0 Å². The standard InChI is InChI=1S/C8H7BrF3NO/c1-14-8-4(3-9)2-5(6(10)11)7(12)13-8/h2,6H,3H2,1H3. The van der Waals surface area contributed by atoms with Gasteiger partial charge in [-0.05, 0) is 6.07 Å². The number of pyridine rings is 1. The fourth-order valence-electron chi connectivity index (χ4n) is 0.960. The lowest BCUT2D eigenvalue weighted by Crippen LogP contribution is -2.01. The number of hydrogen-bond donors (Lipinski definition) is 0. The molecule has 0 N–H and O–H groups in total. The molecule has 0 aliphatic rings. The summed E-state index contributed by atoms with van der Waals surface area (Å²) in [6.45, 7) is 0. The Balaban J connectivity index is 3.23. The van der Waals surface area contributed by atoms with E-state index in [0.29, 0.717) is 5.56 Å². The highest BCUT2D eigenvalue weighted by atomic mass is 79.9. The average molecular weight is 270 g/mol. The molecule has 0 saturated carbocycles. The molecule has 0 unspecified atom stereocenters. The summed E-state index contributed by atoms with van der Waals surface area (Å²) in [5.74, 6) is -1.18. The van der Waals surface area contributed by atoms with Gasteiger partial charge in [-0.2, -0.15) is 9.37 Å². The molecule has 0 aliphatic heterocycles. The van der Waals surface area contributed by atoms with Crippen LogP contribution in [0.1, 0.15) is 17.6 Å². The predicted molar refractivity (Wildman–Crippen MR) is 48.3 cm³/mol. The molecule has 78 valence electrons. The van der Waals surface area contributed by atoms with E-state index in [-0.39, 0.29) is 11.2 Å². The number of ether oxygens (including phenoxy) is 1. The Labute approximate surface area is 87.2 Å². The smallest absolute Gasteiger partial charge is 0.268 e. The first kappa shape index (κ1) is 11.3. The van der Waals surface area contributed by atoms with Gasteiger partial charge < -0.3 is 4.74 Å². The minimum atomic E-state index is -2.87. The summed E-state index contributed by atoms with van der Waals surface area (Å²) in [5, 5.41) is 0.281. The number of nitrogens with zero attached hydrogens (tertiary/aromatic N) is 1. The normalized spacial score (nSPS) is 10.7. The summed E-state index contributed by atoms with van der Waals surface area (Å²) >= 11 is 3.07. The van der Waals surface area contributed by atoms with E-state index < -0.39 is 17.9 Å². The van der Waals surface area contributed by atoms with Crippen LogP contribution in [-0.4, -0.2) is 12.1 Å². The molecule has 0 aliphatic carbocycles. The first-order chi connectivity index (χ1) is 6.60. The summed E-state index contributed by atoms with van der Waals surface area (Å²) in [7, 11) is 1.30. The first-order valence-electron chi connectivity index (χ1n) is 3.67. The van der Waals surface area contributed by atoms with Crippen molar-refractivity contribution in [3.8, 4) is 5.88 Å². The van der Waals surface area contributed by atoms with Crippen LogP contribution in [0, 0.1) is 5.95 Å². The largest absolute Gasteiger partial charge is 0.481 e. The van der Waals surface area contributed by atoms with E-state index in [0.717, 1.165) is 6.07 Å². The van der Waals surface area contributed by atoms with Gasteiger partial charge in [-0.25, -0.2) is 8.78 Å². The van der Waals surface area contributed by atoms with Gasteiger partial charge in [-0.15, -0.1) is 0 Å². The molecule has 1 heterocycles. The molecular weight excluding hydrogens is 263 g/mol. The van der Waals surface area contributed by atoms with Crippen LogP contribution in [0.25, 0.3) is 0 Å². The highest BCUT2D eigenvalue weighted by Crippen LogP contribution is 2.27. The molecule has 2 nitrogen and oxygen atoms in total. The minimum absolute atomic E-state index is 0.0174. The van der Waals surface area contributed by atoms with Crippen molar-refractivity contribution in [3.05, 3.63) is 23.1 Å². The lowest BCUT2D eigenvalue weighted by molar-refractivity contribution is 0.144. The molecule has 6 heteroatoms. The van der Waals surface area contributed by atoms with Crippen LogP contribution in [-0.2, 0) is 5.33 Å². The predicted octanol–water partition coefficient (Wildman–Crippen LogP) is 3.06. The molecule has 0 bridgehead atoms. The number of alkyl halides is 3. The number of aromatic nitrogens is 1. The van der Waals surface area contributed by atoms with Crippen molar-refractivity contribution >= 4 is 15.9 Å². The molecule has 0 saturated heterocycles. The Bertz CT molecular complexity index is 333. The Morgan fingerprint density at radius 2 is 2.21 bits per heavy atom. The second-order valence-electron chi connectivity index (χ2n) is 2.47. The summed E-state index contributed by atoms with van der Waals surface area (Å²) < 4.78 is 42.1. The van der Waals surface area contributed by atoms with E-state index in [1.54, 1.807) is 0 Å². The summed E-state index contributed by atoms with van der Waals surface area (Å²) in [5.41, 5.74) is -0.315. The zero-order valence-electron chi connectivity index (χ0n) is 7.23. The van der Waals surface area contributed by atoms with Crippen LogP contribution in [0.2, 0.25) is 0 Å². The molecule has 1 rings (SSSR count). The number of hydrogen-bond acceptors (Lipinski definition) is 2. The fourth-order valence-corrected chi connectivity index (χ4v) is 1.36. The maximum absolute atomic E-state index is 12.9. The molecule has 1 aromatic rings. The molecule has 0 amide bonds. The maximum atomic E-state index is 12.9. The summed E-state index contributed by atoms with van der Waals surface area (Å²) in [4.78, 5) is 3.28. The summed E-state index contributed by atoms with van der Waals surface area (Å²) in [6.07, 6.45) is -2.87. The third-order valence-corrected chi connectivity index (χ3v) is 2.22. The Morgan fingerprint density at radius 3 is 2.64 bits per heavy atom. The van der Waals surface area contributed by atoms with Crippen molar-refractivity contribution in [2.24, 2.45) is 0 Å². The molecule has 0 aromatic carbocycles. The lowest BCUT2D eigenvalue weighted by Gasteiger charge is -2.08. The van der Waals surface area contributed by atoms with Gasteiger partial charge in [0.05, 0.1) is 12.7 Å². The fraction of sp³-hybridized carbons (Fsp3) is 0.375. The van der Waals surface area contributed by atoms with E-state index in [2.05, 4.69) is 20.9 Å². The van der Waals surface area contributed by atoms with Gasteiger partial charge >= 0.3 is 0 Å². The highest BCUT2D eigenvalue weighted by molar-refractivity contribution is 9.08. The zero-order valence-corrected chi connectivity index (χ0v) is 8.82. The van der Waals surface area contributed by atoms with Crippen molar-refractivity contribution in [2.45, 2.75) is 11.8 Å². The van der Waals surface area contributed by atoms with Crippen LogP contribution < -0.4 is 4.74 Å². The zero-order chi connectivity index (χ0) is 10.7. The first-order valence-corrected chi connectivity index (χ1v) is 4.79. The molecule has 0 radical (unpaired) electrons. The van der Waals surface area contributed by atoms with Gasteiger partial charge in [-0.3, -0.25) is 0 Å². The molecule has 0 atom stereocenters. The maximum Gasteiger partial charge on any atom is 0.268 e. The van der Waals surface area contributed by atoms with E-state index in [1.165, 1.54) is 7.11 Å². The minimum Gasteiger partial charge on any atom is -0.481 e. The van der Waals surface area contributed by atoms with Crippen LogP contribution in [0.15, 0.2) is 6.07 Å². The Hall–Kier alpha value is -0.780. The molecule has 1 aromatic heterocycles. The number of halogens is 4. The van der Waals surface area contributed by atoms with Gasteiger partial charge in [0.1, 0.15) is 0 Å². The number of methoxy groups -OCH3 is 1.